The van der Waals surface area contributed by atoms with Crippen molar-refractivity contribution in [1.82, 2.24) is 4.90 Å². The molecule has 4 heteroatoms. The van der Waals surface area contributed by atoms with Crippen molar-refractivity contribution in [2.24, 2.45) is 0 Å². The van der Waals surface area contributed by atoms with Gasteiger partial charge in [0.25, 0.3) is 0 Å². The lowest BCUT2D eigenvalue weighted by Crippen LogP contribution is -2.25. The van der Waals surface area contributed by atoms with Crippen molar-refractivity contribution in [1.29, 1.82) is 0 Å². The predicted octanol–water partition coefficient (Wildman–Crippen LogP) is 4.24. The molecule has 0 atom stereocenters. The molecule has 0 saturated carbocycles. The summed E-state index contributed by atoms with van der Waals surface area (Å²) in [6.07, 6.45) is 0.984. The highest BCUT2D eigenvalue weighted by atomic mass is 16.7. The zero-order valence-corrected chi connectivity index (χ0v) is 15.3. The molecule has 138 valence electrons. The second-order valence-corrected chi connectivity index (χ2v) is 6.88. The summed E-state index contributed by atoms with van der Waals surface area (Å²) in [6, 6.07) is 24.9. The molecule has 27 heavy (non-hydrogen) atoms. The molecule has 0 bridgehead atoms. The molecule has 0 aromatic heterocycles. The molecule has 3 aromatic rings. The van der Waals surface area contributed by atoms with Gasteiger partial charge in [-0.2, -0.15) is 0 Å². The van der Waals surface area contributed by atoms with Crippen LogP contribution in [0.3, 0.4) is 0 Å². The molecule has 0 radical (unpaired) electrons. The van der Waals surface area contributed by atoms with Crippen LogP contribution in [0.2, 0.25) is 0 Å². The number of ether oxygens (including phenoxy) is 2. The molecule has 3 aromatic carbocycles. The van der Waals surface area contributed by atoms with E-state index >= 15 is 0 Å². The van der Waals surface area contributed by atoms with Gasteiger partial charge < -0.3 is 15.2 Å². The largest absolute Gasteiger partial charge is 0.454 e. The second kappa shape index (κ2) is 8.14. The average molecular weight is 360 g/mol. The standard InChI is InChI=1S/C23H24N2O2/c24-21-9-6-18(7-10-21)12-13-25(15-19-4-2-1-3-5-19)16-20-8-11-22-23(14-20)27-17-26-22/h1-11,14H,12-13,15-17,24H2. The lowest BCUT2D eigenvalue weighted by Gasteiger charge is -2.23. The van der Waals surface area contributed by atoms with Gasteiger partial charge in [0.1, 0.15) is 0 Å². The number of hydrogen-bond acceptors (Lipinski definition) is 4. The predicted molar refractivity (Wildman–Crippen MR) is 108 cm³/mol. The maximum absolute atomic E-state index is 5.80. The van der Waals surface area contributed by atoms with Gasteiger partial charge in [-0.3, -0.25) is 4.90 Å². The van der Waals surface area contributed by atoms with E-state index in [0.717, 1.165) is 43.2 Å². The number of fused-ring (bicyclic) bond motifs is 1. The highest BCUT2D eigenvalue weighted by Crippen LogP contribution is 2.33. The maximum Gasteiger partial charge on any atom is 0.231 e. The summed E-state index contributed by atoms with van der Waals surface area (Å²) < 4.78 is 10.9. The van der Waals surface area contributed by atoms with E-state index in [1.807, 2.05) is 18.2 Å². The molecule has 2 N–H and O–H groups in total. The zero-order valence-electron chi connectivity index (χ0n) is 15.3. The Kier molecular flexibility index (Phi) is 5.26. The van der Waals surface area contributed by atoms with Gasteiger partial charge in [-0.05, 0) is 47.4 Å². The lowest BCUT2D eigenvalue weighted by molar-refractivity contribution is 0.174. The first-order valence-corrected chi connectivity index (χ1v) is 9.25. The van der Waals surface area contributed by atoms with Gasteiger partial charge in [0, 0.05) is 25.3 Å². The summed E-state index contributed by atoms with van der Waals surface area (Å²) in [5.41, 5.74) is 10.4. The van der Waals surface area contributed by atoms with Crippen LogP contribution in [-0.2, 0) is 19.5 Å². The maximum atomic E-state index is 5.80. The molecule has 0 spiro atoms. The van der Waals surface area contributed by atoms with Gasteiger partial charge in [-0.25, -0.2) is 0 Å². The minimum absolute atomic E-state index is 0.309. The van der Waals surface area contributed by atoms with Crippen molar-refractivity contribution in [3.63, 3.8) is 0 Å². The molecule has 0 unspecified atom stereocenters. The molecule has 1 heterocycles. The summed E-state index contributed by atoms with van der Waals surface area (Å²) in [6.45, 7) is 3.04. The van der Waals surface area contributed by atoms with Crippen LogP contribution < -0.4 is 15.2 Å². The normalized spacial score (nSPS) is 12.5. The van der Waals surface area contributed by atoms with Gasteiger partial charge in [-0.15, -0.1) is 0 Å². The highest BCUT2D eigenvalue weighted by molar-refractivity contribution is 5.44. The fraction of sp³-hybridized carbons (Fsp3) is 0.217. The molecular formula is C23H24N2O2. The van der Waals surface area contributed by atoms with E-state index in [1.165, 1.54) is 16.7 Å². The van der Waals surface area contributed by atoms with Crippen molar-refractivity contribution in [2.75, 3.05) is 19.1 Å². The van der Waals surface area contributed by atoms with Crippen molar-refractivity contribution < 1.29 is 9.47 Å². The third-order valence-corrected chi connectivity index (χ3v) is 4.79. The van der Waals surface area contributed by atoms with Gasteiger partial charge >= 0.3 is 0 Å². The molecule has 0 aliphatic carbocycles. The molecule has 1 aliphatic heterocycles. The number of anilines is 1. The highest BCUT2D eigenvalue weighted by Gasteiger charge is 2.15. The third-order valence-electron chi connectivity index (χ3n) is 4.79. The summed E-state index contributed by atoms with van der Waals surface area (Å²) >= 11 is 0. The number of rotatable bonds is 7. The van der Waals surface area contributed by atoms with Crippen LogP contribution >= 0.6 is 0 Å². The Morgan fingerprint density at radius 3 is 2.26 bits per heavy atom. The number of hydrogen-bond donors (Lipinski definition) is 1. The van der Waals surface area contributed by atoms with Crippen molar-refractivity contribution in [2.45, 2.75) is 19.5 Å². The van der Waals surface area contributed by atoms with Crippen LogP contribution in [0.4, 0.5) is 5.69 Å². The molecule has 4 nitrogen and oxygen atoms in total. The summed E-state index contributed by atoms with van der Waals surface area (Å²) in [4.78, 5) is 2.46. The smallest absolute Gasteiger partial charge is 0.231 e. The van der Waals surface area contributed by atoms with E-state index in [1.54, 1.807) is 0 Å². The van der Waals surface area contributed by atoms with Crippen LogP contribution in [0.25, 0.3) is 0 Å². The van der Waals surface area contributed by atoms with Crippen molar-refractivity contribution in [3.05, 3.63) is 89.5 Å². The van der Waals surface area contributed by atoms with E-state index in [-0.39, 0.29) is 0 Å². The molecular weight excluding hydrogens is 336 g/mol. The Balaban J connectivity index is 1.47. The Morgan fingerprint density at radius 1 is 0.741 bits per heavy atom. The van der Waals surface area contributed by atoms with Crippen LogP contribution in [0.5, 0.6) is 11.5 Å². The van der Waals surface area contributed by atoms with E-state index in [9.17, 15) is 0 Å². The Hall–Kier alpha value is -2.98. The number of nitrogens with two attached hydrogens (primary N) is 1. The molecule has 0 fully saturated rings. The van der Waals surface area contributed by atoms with E-state index in [2.05, 4.69) is 59.5 Å². The Bertz CT molecular complexity index is 879. The fourth-order valence-electron chi connectivity index (χ4n) is 3.32. The number of nitrogen functional groups attached to an aromatic ring is 1. The minimum atomic E-state index is 0.309. The monoisotopic (exact) mass is 360 g/mol. The summed E-state index contributed by atoms with van der Waals surface area (Å²) in [5, 5.41) is 0. The van der Waals surface area contributed by atoms with Crippen LogP contribution in [0, 0.1) is 0 Å². The van der Waals surface area contributed by atoms with Crippen LogP contribution in [-0.4, -0.2) is 18.2 Å². The second-order valence-electron chi connectivity index (χ2n) is 6.88. The van der Waals surface area contributed by atoms with E-state index in [4.69, 9.17) is 15.2 Å². The molecule has 4 rings (SSSR count). The van der Waals surface area contributed by atoms with Crippen molar-refractivity contribution in [3.8, 4) is 11.5 Å². The van der Waals surface area contributed by atoms with E-state index < -0.39 is 0 Å². The number of nitrogens with zero attached hydrogens (tertiary/aromatic N) is 1. The topological polar surface area (TPSA) is 47.7 Å². The quantitative estimate of drug-likeness (QED) is 0.640. The first kappa shape index (κ1) is 17.4. The lowest BCUT2D eigenvalue weighted by atomic mass is 10.1. The van der Waals surface area contributed by atoms with E-state index in [0.29, 0.717) is 6.79 Å². The fourth-order valence-corrected chi connectivity index (χ4v) is 3.32. The average Bonchev–Trinajstić information content (AvgIpc) is 3.16. The van der Waals surface area contributed by atoms with Crippen LogP contribution in [0.1, 0.15) is 16.7 Å². The zero-order chi connectivity index (χ0) is 18.5. The first-order valence-electron chi connectivity index (χ1n) is 9.25. The van der Waals surface area contributed by atoms with Gasteiger partial charge in [0.15, 0.2) is 11.5 Å². The Morgan fingerprint density at radius 2 is 1.44 bits per heavy atom. The molecule has 0 amide bonds. The number of benzene rings is 3. The van der Waals surface area contributed by atoms with Crippen molar-refractivity contribution >= 4 is 5.69 Å². The first-order chi connectivity index (χ1) is 13.3. The molecule has 0 saturated heterocycles. The minimum Gasteiger partial charge on any atom is -0.454 e. The summed E-state index contributed by atoms with van der Waals surface area (Å²) in [5.74, 6) is 1.67. The Labute approximate surface area is 160 Å². The van der Waals surface area contributed by atoms with Gasteiger partial charge in [0.05, 0.1) is 0 Å². The van der Waals surface area contributed by atoms with Crippen LogP contribution in [0.15, 0.2) is 72.8 Å². The van der Waals surface area contributed by atoms with Gasteiger partial charge in [0.2, 0.25) is 6.79 Å². The summed E-state index contributed by atoms with van der Waals surface area (Å²) in [7, 11) is 0. The molecule has 1 aliphatic rings. The van der Waals surface area contributed by atoms with Gasteiger partial charge in [-0.1, -0.05) is 48.5 Å². The third kappa shape index (κ3) is 4.60. The SMILES string of the molecule is Nc1ccc(CCN(Cc2ccccc2)Cc2ccc3c(c2)OCO3)cc1.